The highest BCUT2D eigenvalue weighted by atomic mass is 32.1. The molecule has 1 unspecified atom stereocenters. The highest BCUT2D eigenvalue weighted by molar-refractivity contribution is 7.13. The Hall–Kier alpha value is -3.59. The van der Waals surface area contributed by atoms with E-state index in [2.05, 4.69) is 4.98 Å². The van der Waals surface area contributed by atoms with Crippen LogP contribution in [0.15, 0.2) is 70.5 Å². The van der Waals surface area contributed by atoms with Gasteiger partial charge in [0.1, 0.15) is 11.5 Å². The van der Waals surface area contributed by atoms with Crippen molar-refractivity contribution in [1.82, 2.24) is 4.98 Å². The molecule has 0 aliphatic carbocycles. The first-order chi connectivity index (χ1) is 17.1. The number of hydrogen-bond acceptors (Lipinski definition) is 5. The zero-order valence-electron chi connectivity index (χ0n) is 19.6. The molecule has 1 atom stereocenters. The number of ether oxygens (including phenoxy) is 1. The van der Waals surface area contributed by atoms with Crippen LogP contribution >= 0.6 is 11.3 Å². The van der Waals surface area contributed by atoms with E-state index in [-0.39, 0.29) is 12.0 Å². The molecule has 0 saturated carbocycles. The Balaban J connectivity index is 1.41. The monoisotopic (exact) mass is 515 g/mol. The van der Waals surface area contributed by atoms with Gasteiger partial charge in [-0.3, -0.25) is 4.79 Å². The third-order valence-electron chi connectivity index (χ3n) is 6.01. The van der Waals surface area contributed by atoms with Gasteiger partial charge < -0.3 is 14.3 Å². The maximum atomic E-state index is 13.2. The number of oxazole rings is 1. The molecule has 1 N–H and O–H groups in total. The molecule has 0 amide bonds. The number of alkyl halides is 3. The standard InChI is InChI=1S/C27H24F3NO4S/c1-17-22(31-24(35-17)23-7-4-14-36-23)12-13-34-21-10-8-18(9-11-21)16-26(2,25(32)33)19-5-3-6-20(15-19)27(28,29)30/h3-11,14-15H,12-13,16H2,1-2H3,(H,32,33). The highest BCUT2D eigenvalue weighted by Crippen LogP contribution is 2.35. The first kappa shape index (κ1) is 25.5. The Kier molecular flexibility index (Phi) is 7.21. The molecule has 9 heteroatoms. The van der Waals surface area contributed by atoms with E-state index in [4.69, 9.17) is 9.15 Å². The summed E-state index contributed by atoms with van der Waals surface area (Å²) < 4.78 is 51.0. The molecular weight excluding hydrogens is 491 g/mol. The summed E-state index contributed by atoms with van der Waals surface area (Å²) in [7, 11) is 0. The fraction of sp³-hybridized carbons (Fsp3) is 0.259. The molecule has 5 nitrogen and oxygen atoms in total. The summed E-state index contributed by atoms with van der Waals surface area (Å²) in [5.41, 5.74) is -0.837. The lowest BCUT2D eigenvalue weighted by atomic mass is 9.77. The normalized spacial score (nSPS) is 13.4. The van der Waals surface area contributed by atoms with Crippen molar-refractivity contribution < 1.29 is 32.2 Å². The number of benzene rings is 2. The minimum absolute atomic E-state index is 0.0214. The molecule has 0 spiro atoms. The van der Waals surface area contributed by atoms with Crippen LogP contribution in [0.1, 0.15) is 35.1 Å². The average molecular weight is 516 g/mol. The second kappa shape index (κ2) is 10.2. The van der Waals surface area contributed by atoms with Crippen LogP contribution < -0.4 is 4.74 Å². The Bertz CT molecular complexity index is 1330. The second-order valence-electron chi connectivity index (χ2n) is 8.63. The first-order valence-electron chi connectivity index (χ1n) is 11.2. The fourth-order valence-electron chi connectivity index (χ4n) is 3.88. The maximum absolute atomic E-state index is 13.2. The molecule has 36 heavy (non-hydrogen) atoms. The number of aliphatic carboxylic acids is 1. The van der Waals surface area contributed by atoms with Gasteiger partial charge in [-0.2, -0.15) is 13.2 Å². The molecule has 0 aliphatic rings. The maximum Gasteiger partial charge on any atom is 0.416 e. The molecule has 2 heterocycles. The predicted molar refractivity (Wildman–Crippen MR) is 130 cm³/mol. The number of carboxylic acid groups (broad SMARTS) is 1. The number of carboxylic acids is 1. The van der Waals surface area contributed by atoms with Crippen LogP contribution in [0.25, 0.3) is 10.8 Å². The van der Waals surface area contributed by atoms with Gasteiger partial charge in [0.2, 0.25) is 5.89 Å². The largest absolute Gasteiger partial charge is 0.493 e. The van der Waals surface area contributed by atoms with Gasteiger partial charge in [-0.15, -0.1) is 11.3 Å². The zero-order chi connectivity index (χ0) is 25.9. The van der Waals surface area contributed by atoms with Gasteiger partial charge in [0, 0.05) is 6.42 Å². The van der Waals surface area contributed by atoms with E-state index in [0.717, 1.165) is 28.5 Å². The van der Waals surface area contributed by atoms with E-state index in [1.165, 1.54) is 19.1 Å². The Morgan fingerprint density at radius 2 is 1.81 bits per heavy atom. The van der Waals surface area contributed by atoms with Crippen LogP contribution in [0.3, 0.4) is 0 Å². The molecule has 2 aromatic carbocycles. The van der Waals surface area contributed by atoms with E-state index in [1.54, 1.807) is 35.6 Å². The zero-order valence-corrected chi connectivity index (χ0v) is 20.4. The quantitative estimate of drug-likeness (QED) is 0.262. The number of carbonyl (C=O) groups is 1. The van der Waals surface area contributed by atoms with E-state index in [1.807, 2.05) is 24.4 Å². The van der Waals surface area contributed by atoms with Gasteiger partial charge in [0.25, 0.3) is 0 Å². The third-order valence-corrected chi connectivity index (χ3v) is 6.87. The lowest BCUT2D eigenvalue weighted by Crippen LogP contribution is -2.35. The number of halogens is 3. The van der Waals surface area contributed by atoms with Crippen molar-refractivity contribution in [3.63, 3.8) is 0 Å². The van der Waals surface area contributed by atoms with Gasteiger partial charge in [-0.25, -0.2) is 4.98 Å². The van der Waals surface area contributed by atoms with Crippen molar-refractivity contribution in [2.75, 3.05) is 6.61 Å². The van der Waals surface area contributed by atoms with Crippen molar-refractivity contribution in [1.29, 1.82) is 0 Å². The van der Waals surface area contributed by atoms with Crippen LogP contribution in [0.5, 0.6) is 5.75 Å². The summed E-state index contributed by atoms with van der Waals surface area (Å²) >= 11 is 1.55. The van der Waals surface area contributed by atoms with E-state index in [0.29, 0.717) is 30.2 Å². The van der Waals surface area contributed by atoms with Gasteiger partial charge >= 0.3 is 12.1 Å². The lowest BCUT2D eigenvalue weighted by molar-refractivity contribution is -0.143. The van der Waals surface area contributed by atoms with E-state index in [9.17, 15) is 23.1 Å². The third kappa shape index (κ3) is 5.62. The summed E-state index contributed by atoms with van der Waals surface area (Å²) in [6.45, 7) is 3.66. The van der Waals surface area contributed by atoms with Gasteiger partial charge in [-0.05, 0) is 61.0 Å². The molecule has 2 aromatic heterocycles. The predicted octanol–water partition coefficient (Wildman–Crippen LogP) is 6.94. The number of aromatic nitrogens is 1. The van der Waals surface area contributed by atoms with Crippen molar-refractivity contribution in [3.05, 3.63) is 94.2 Å². The molecule has 0 fully saturated rings. The molecule has 188 valence electrons. The molecular formula is C27H24F3NO4S. The summed E-state index contributed by atoms with van der Waals surface area (Å²) in [4.78, 5) is 17.6. The van der Waals surface area contributed by atoms with E-state index < -0.39 is 23.1 Å². The number of rotatable bonds is 9. The van der Waals surface area contributed by atoms with Crippen LogP contribution in [0.2, 0.25) is 0 Å². The molecule has 0 bridgehead atoms. The molecule has 4 aromatic rings. The number of thiophene rings is 1. The highest BCUT2D eigenvalue weighted by Gasteiger charge is 2.38. The molecule has 0 saturated heterocycles. The number of hydrogen-bond donors (Lipinski definition) is 1. The van der Waals surface area contributed by atoms with E-state index >= 15 is 0 Å². The number of aryl methyl sites for hydroxylation is 1. The van der Waals surface area contributed by atoms with Gasteiger partial charge in [0.05, 0.1) is 28.2 Å². The molecule has 4 rings (SSSR count). The van der Waals surface area contributed by atoms with Crippen molar-refractivity contribution in [2.45, 2.75) is 38.3 Å². The smallest absolute Gasteiger partial charge is 0.416 e. The average Bonchev–Trinajstić information content (AvgIpc) is 3.50. The summed E-state index contributed by atoms with van der Waals surface area (Å²) in [6.07, 6.45) is -3.98. The Morgan fingerprint density at radius 3 is 2.44 bits per heavy atom. The van der Waals surface area contributed by atoms with Crippen molar-refractivity contribution in [3.8, 4) is 16.5 Å². The van der Waals surface area contributed by atoms with Gasteiger partial charge in [-0.1, -0.05) is 36.4 Å². The second-order valence-corrected chi connectivity index (χ2v) is 9.58. The summed E-state index contributed by atoms with van der Waals surface area (Å²) in [5, 5.41) is 11.8. The summed E-state index contributed by atoms with van der Waals surface area (Å²) in [5.74, 6) is 0.713. The topological polar surface area (TPSA) is 72.6 Å². The van der Waals surface area contributed by atoms with Crippen molar-refractivity contribution >= 4 is 17.3 Å². The van der Waals surface area contributed by atoms with Crippen LogP contribution in [0.4, 0.5) is 13.2 Å². The van der Waals surface area contributed by atoms with Crippen LogP contribution in [-0.4, -0.2) is 22.7 Å². The SMILES string of the molecule is Cc1oc(-c2cccs2)nc1CCOc1ccc(CC(C)(C(=O)O)c2cccc(C(F)(F)F)c2)cc1. The lowest BCUT2D eigenvalue weighted by Gasteiger charge is -2.26. The van der Waals surface area contributed by atoms with Crippen molar-refractivity contribution in [2.24, 2.45) is 0 Å². The minimum atomic E-state index is -4.55. The Morgan fingerprint density at radius 1 is 1.08 bits per heavy atom. The van der Waals surface area contributed by atoms with Crippen LogP contribution in [0, 0.1) is 6.92 Å². The van der Waals surface area contributed by atoms with Gasteiger partial charge in [0.15, 0.2) is 0 Å². The summed E-state index contributed by atoms with van der Waals surface area (Å²) in [6, 6.07) is 15.2. The number of nitrogens with zero attached hydrogens (tertiary/aromatic N) is 1. The fourth-order valence-corrected chi connectivity index (χ4v) is 4.53. The molecule has 0 aliphatic heterocycles. The Labute approximate surface area is 210 Å². The van der Waals surface area contributed by atoms with Crippen LogP contribution in [-0.2, 0) is 29.2 Å². The first-order valence-corrected chi connectivity index (χ1v) is 12.1. The minimum Gasteiger partial charge on any atom is -0.493 e. The molecule has 0 radical (unpaired) electrons.